The Bertz CT molecular complexity index is 536. The van der Waals surface area contributed by atoms with Gasteiger partial charge in [0.05, 0.1) is 24.4 Å². The highest BCUT2D eigenvalue weighted by Gasteiger charge is 2.25. The van der Waals surface area contributed by atoms with Crippen molar-refractivity contribution < 1.29 is 9.53 Å². The largest absolute Gasteiger partial charge is 0.495 e. The van der Waals surface area contributed by atoms with Crippen molar-refractivity contribution in [1.29, 1.82) is 5.26 Å². The summed E-state index contributed by atoms with van der Waals surface area (Å²) in [5, 5.41) is 11.7. The number of nitriles is 1. The molecule has 0 saturated heterocycles. The Morgan fingerprint density at radius 1 is 1.50 bits per heavy atom. The second kappa shape index (κ2) is 6.40. The van der Waals surface area contributed by atoms with Crippen molar-refractivity contribution in [2.75, 3.05) is 12.4 Å². The van der Waals surface area contributed by atoms with Gasteiger partial charge in [-0.05, 0) is 31.4 Å². The lowest BCUT2D eigenvalue weighted by atomic mass is 9.85. The molecule has 2 atom stereocenters. The van der Waals surface area contributed by atoms with Crippen LogP contribution in [0, 0.1) is 17.2 Å². The molecule has 1 amide bonds. The molecule has 5 heteroatoms. The Hall–Kier alpha value is -2.06. The van der Waals surface area contributed by atoms with Crippen LogP contribution in [0.25, 0.3) is 0 Å². The molecule has 0 bridgehead atoms. The average molecular weight is 273 g/mol. The van der Waals surface area contributed by atoms with Crippen molar-refractivity contribution in [3.8, 4) is 11.8 Å². The first kappa shape index (κ1) is 14.4. The number of hydrogen-bond acceptors (Lipinski definition) is 4. The molecule has 2 rings (SSSR count). The number of anilines is 1. The maximum atomic E-state index is 12.2. The van der Waals surface area contributed by atoms with Gasteiger partial charge in [0.1, 0.15) is 5.75 Å². The number of hydrogen-bond donors (Lipinski definition) is 2. The van der Waals surface area contributed by atoms with Gasteiger partial charge in [-0.3, -0.25) is 4.79 Å². The van der Waals surface area contributed by atoms with E-state index in [1.165, 1.54) is 7.11 Å². The summed E-state index contributed by atoms with van der Waals surface area (Å²) in [6, 6.07) is 7.12. The van der Waals surface area contributed by atoms with Crippen LogP contribution < -0.4 is 15.8 Å². The standard InChI is InChI=1S/C15H19N3O2/c1-20-14-7-10(9-16)5-6-13(14)18-15(19)11-3-2-4-12(17)8-11/h5-7,11-12H,2-4,8,17H2,1H3,(H,18,19). The van der Waals surface area contributed by atoms with E-state index in [1.54, 1.807) is 18.2 Å². The molecule has 3 N–H and O–H groups in total. The Labute approximate surface area is 118 Å². The number of amides is 1. The summed E-state index contributed by atoms with van der Waals surface area (Å²) in [4.78, 5) is 12.2. The van der Waals surface area contributed by atoms with Crippen LogP contribution in [0.5, 0.6) is 5.75 Å². The number of methoxy groups -OCH3 is 1. The predicted octanol–water partition coefficient (Wildman–Crippen LogP) is 2.02. The molecule has 20 heavy (non-hydrogen) atoms. The fraction of sp³-hybridized carbons (Fsp3) is 0.467. The highest BCUT2D eigenvalue weighted by molar-refractivity contribution is 5.94. The predicted molar refractivity (Wildman–Crippen MR) is 76.3 cm³/mol. The molecule has 1 fully saturated rings. The van der Waals surface area contributed by atoms with Crippen LogP contribution in [-0.4, -0.2) is 19.1 Å². The molecule has 0 aromatic heterocycles. The van der Waals surface area contributed by atoms with Crippen LogP contribution in [0.4, 0.5) is 5.69 Å². The minimum atomic E-state index is -0.0425. The molecule has 1 saturated carbocycles. The first-order chi connectivity index (χ1) is 9.63. The van der Waals surface area contributed by atoms with Crippen LogP contribution in [0.15, 0.2) is 18.2 Å². The molecule has 1 aromatic rings. The summed E-state index contributed by atoms with van der Waals surface area (Å²) in [6.07, 6.45) is 3.58. The molecule has 0 radical (unpaired) electrons. The fourth-order valence-corrected chi connectivity index (χ4v) is 2.56. The van der Waals surface area contributed by atoms with Gasteiger partial charge in [0.2, 0.25) is 5.91 Å². The van der Waals surface area contributed by atoms with Gasteiger partial charge in [-0.15, -0.1) is 0 Å². The van der Waals surface area contributed by atoms with Crippen molar-refractivity contribution in [3.05, 3.63) is 23.8 Å². The third kappa shape index (κ3) is 3.28. The van der Waals surface area contributed by atoms with E-state index >= 15 is 0 Å². The topological polar surface area (TPSA) is 88.1 Å². The number of nitrogens with zero attached hydrogens (tertiary/aromatic N) is 1. The number of ether oxygens (including phenoxy) is 1. The highest BCUT2D eigenvalue weighted by Crippen LogP contribution is 2.28. The number of carbonyl (C=O) groups excluding carboxylic acids is 1. The first-order valence-corrected chi connectivity index (χ1v) is 6.78. The van der Waals surface area contributed by atoms with E-state index in [1.807, 2.05) is 6.07 Å². The molecule has 0 aliphatic heterocycles. The minimum Gasteiger partial charge on any atom is -0.495 e. The molecule has 1 aliphatic carbocycles. The Morgan fingerprint density at radius 3 is 2.95 bits per heavy atom. The third-order valence-corrected chi connectivity index (χ3v) is 3.67. The third-order valence-electron chi connectivity index (χ3n) is 3.67. The quantitative estimate of drug-likeness (QED) is 0.881. The van der Waals surface area contributed by atoms with E-state index < -0.39 is 0 Å². The summed E-state index contributed by atoms with van der Waals surface area (Å²) in [5.74, 6) is 0.430. The van der Waals surface area contributed by atoms with E-state index in [0.717, 1.165) is 25.7 Å². The van der Waals surface area contributed by atoms with Gasteiger partial charge in [-0.1, -0.05) is 6.42 Å². The number of nitrogens with two attached hydrogens (primary N) is 1. The summed E-state index contributed by atoms with van der Waals surface area (Å²) in [6.45, 7) is 0. The minimum absolute atomic E-state index is 0.0249. The van der Waals surface area contributed by atoms with E-state index in [0.29, 0.717) is 17.0 Å². The number of nitrogens with one attached hydrogen (secondary N) is 1. The smallest absolute Gasteiger partial charge is 0.227 e. The van der Waals surface area contributed by atoms with E-state index in [2.05, 4.69) is 5.32 Å². The van der Waals surface area contributed by atoms with Crippen molar-refractivity contribution in [2.24, 2.45) is 11.7 Å². The van der Waals surface area contributed by atoms with Gasteiger partial charge in [0, 0.05) is 18.0 Å². The zero-order valence-electron chi connectivity index (χ0n) is 11.6. The van der Waals surface area contributed by atoms with Crippen LogP contribution in [0.3, 0.4) is 0 Å². The number of carbonyl (C=O) groups is 1. The van der Waals surface area contributed by atoms with Gasteiger partial charge in [-0.25, -0.2) is 0 Å². The van der Waals surface area contributed by atoms with Gasteiger partial charge in [0.15, 0.2) is 0 Å². The lowest BCUT2D eigenvalue weighted by Gasteiger charge is -2.25. The molecule has 2 unspecified atom stereocenters. The zero-order chi connectivity index (χ0) is 14.5. The van der Waals surface area contributed by atoms with Gasteiger partial charge in [0.25, 0.3) is 0 Å². The van der Waals surface area contributed by atoms with Gasteiger partial charge < -0.3 is 15.8 Å². The first-order valence-electron chi connectivity index (χ1n) is 6.78. The van der Waals surface area contributed by atoms with E-state index in [4.69, 9.17) is 15.7 Å². The summed E-state index contributed by atoms with van der Waals surface area (Å²) in [5.41, 5.74) is 7.00. The molecule has 1 aliphatic rings. The molecular formula is C15H19N3O2. The van der Waals surface area contributed by atoms with Crippen LogP contribution in [0.2, 0.25) is 0 Å². The molecule has 5 nitrogen and oxygen atoms in total. The van der Waals surface area contributed by atoms with Crippen molar-refractivity contribution in [1.82, 2.24) is 0 Å². The molecule has 0 spiro atoms. The molecular weight excluding hydrogens is 254 g/mol. The second-order valence-electron chi connectivity index (χ2n) is 5.14. The van der Waals surface area contributed by atoms with Crippen molar-refractivity contribution in [3.63, 3.8) is 0 Å². The van der Waals surface area contributed by atoms with Gasteiger partial charge >= 0.3 is 0 Å². The lowest BCUT2D eigenvalue weighted by molar-refractivity contribution is -0.120. The van der Waals surface area contributed by atoms with Crippen LogP contribution in [-0.2, 0) is 4.79 Å². The van der Waals surface area contributed by atoms with Crippen molar-refractivity contribution in [2.45, 2.75) is 31.7 Å². The molecule has 0 heterocycles. The SMILES string of the molecule is COc1cc(C#N)ccc1NC(=O)C1CCCC(N)C1. The average Bonchev–Trinajstić information content (AvgIpc) is 2.47. The molecule has 106 valence electrons. The fourth-order valence-electron chi connectivity index (χ4n) is 2.56. The van der Waals surface area contributed by atoms with E-state index in [-0.39, 0.29) is 17.9 Å². The summed E-state index contributed by atoms with van der Waals surface area (Å²) >= 11 is 0. The Balaban J connectivity index is 2.09. The monoisotopic (exact) mass is 273 g/mol. The van der Waals surface area contributed by atoms with Crippen LogP contribution >= 0.6 is 0 Å². The van der Waals surface area contributed by atoms with Crippen molar-refractivity contribution >= 4 is 11.6 Å². The number of rotatable bonds is 3. The second-order valence-corrected chi connectivity index (χ2v) is 5.14. The summed E-state index contributed by atoms with van der Waals surface area (Å²) in [7, 11) is 1.52. The maximum absolute atomic E-state index is 12.2. The highest BCUT2D eigenvalue weighted by atomic mass is 16.5. The van der Waals surface area contributed by atoms with Crippen LogP contribution in [0.1, 0.15) is 31.2 Å². The summed E-state index contributed by atoms with van der Waals surface area (Å²) < 4.78 is 5.21. The normalized spacial score (nSPS) is 21.9. The Kier molecular flexibility index (Phi) is 4.59. The zero-order valence-corrected chi connectivity index (χ0v) is 11.6. The molecule has 1 aromatic carbocycles. The van der Waals surface area contributed by atoms with E-state index in [9.17, 15) is 4.79 Å². The lowest BCUT2D eigenvalue weighted by Crippen LogP contribution is -2.34. The number of benzene rings is 1. The Morgan fingerprint density at radius 2 is 2.30 bits per heavy atom. The maximum Gasteiger partial charge on any atom is 0.227 e. The van der Waals surface area contributed by atoms with Gasteiger partial charge in [-0.2, -0.15) is 5.26 Å².